The lowest BCUT2D eigenvalue weighted by molar-refractivity contribution is -0.135. The largest absolute Gasteiger partial charge is 0.376 e. The second-order valence-electron chi connectivity index (χ2n) is 5.14. The highest BCUT2D eigenvalue weighted by atomic mass is 16.5. The fraction of sp³-hybridized carbons (Fsp3) is 0.929. The van der Waals surface area contributed by atoms with Crippen LogP contribution in [0.2, 0.25) is 0 Å². The number of hydrogen-bond donors (Lipinski definition) is 1. The highest BCUT2D eigenvalue weighted by Crippen LogP contribution is 2.15. The van der Waals surface area contributed by atoms with Gasteiger partial charge in [0, 0.05) is 32.2 Å². The molecule has 2 atom stereocenters. The molecule has 1 N–H and O–H groups in total. The van der Waals surface area contributed by atoms with E-state index in [0.29, 0.717) is 6.42 Å². The minimum absolute atomic E-state index is 0.247. The number of carbonyl (C=O) groups excluding carboxylic acids is 1. The number of rotatable bonds is 7. The SMILES string of the molecule is CCCOC1CCCN(C(=O)CC(C)NCC)C1. The lowest BCUT2D eigenvalue weighted by Gasteiger charge is -2.33. The molecule has 0 radical (unpaired) electrons. The molecule has 1 heterocycles. The van der Waals surface area contributed by atoms with Crippen LogP contribution in [-0.4, -0.2) is 49.2 Å². The molecule has 1 aliphatic heterocycles. The van der Waals surface area contributed by atoms with E-state index in [1.165, 1.54) is 0 Å². The predicted octanol–water partition coefficient (Wildman–Crippen LogP) is 1.79. The maximum absolute atomic E-state index is 12.1. The van der Waals surface area contributed by atoms with Crippen LogP contribution in [0.5, 0.6) is 0 Å². The van der Waals surface area contributed by atoms with Crippen LogP contribution in [0.1, 0.15) is 46.5 Å². The highest BCUT2D eigenvalue weighted by Gasteiger charge is 2.24. The summed E-state index contributed by atoms with van der Waals surface area (Å²) in [5.41, 5.74) is 0. The van der Waals surface area contributed by atoms with E-state index in [4.69, 9.17) is 4.74 Å². The van der Waals surface area contributed by atoms with Crippen molar-refractivity contribution in [1.82, 2.24) is 10.2 Å². The number of ether oxygens (including phenoxy) is 1. The second-order valence-corrected chi connectivity index (χ2v) is 5.14. The molecule has 0 aromatic carbocycles. The van der Waals surface area contributed by atoms with Gasteiger partial charge < -0.3 is 15.0 Å². The fourth-order valence-corrected chi connectivity index (χ4v) is 2.40. The zero-order valence-corrected chi connectivity index (χ0v) is 12.1. The third-order valence-electron chi connectivity index (χ3n) is 3.32. The number of amides is 1. The third-order valence-corrected chi connectivity index (χ3v) is 3.32. The summed E-state index contributed by atoms with van der Waals surface area (Å²) in [5, 5.41) is 3.28. The molecule has 2 unspecified atom stereocenters. The summed E-state index contributed by atoms with van der Waals surface area (Å²) < 4.78 is 5.76. The number of likely N-dealkylation sites (tertiary alicyclic amines) is 1. The van der Waals surface area contributed by atoms with Gasteiger partial charge in [-0.1, -0.05) is 13.8 Å². The molecular weight excluding hydrogens is 228 g/mol. The summed E-state index contributed by atoms with van der Waals surface area (Å²) in [6, 6.07) is 0.263. The summed E-state index contributed by atoms with van der Waals surface area (Å²) in [5.74, 6) is 0.258. The molecule has 1 fully saturated rings. The summed E-state index contributed by atoms with van der Waals surface area (Å²) in [6.45, 7) is 9.63. The zero-order chi connectivity index (χ0) is 13.4. The van der Waals surface area contributed by atoms with Crippen molar-refractivity contribution in [3.05, 3.63) is 0 Å². The molecule has 1 saturated heterocycles. The van der Waals surface area contributed by atoms with Crippen LogP contribution in [0, 0.1) is 0 Å². The number of hydrogen-bond acceptors (Lipinski definition) is 3. The summed E-state index contributed by atoms with van der Waals surface area (Å²) >= 11 is 0. The van der Waals surface area contributed by atoms with Crippen LogP contribution >= 0.6 is 0 Å². The van der Waals surface area contributed by atoms with Crippen LogP contribution in [0.15, 0.2) is 0 Å². The molecular formula is C14H28N2O2. The number of carbonyl (C=O) groups is 1. The average Bonchev–Trinajstić information content (AvgIpc) is 2.37. The van der Waals surface area contributed by atoms with Gasteiger partial charge in [-0.05, 0) is 32.7 Å². The summed E-state index contributed by atoms with van der Waals surface area (Å²) in [4.78, 5) is 14.1. The molecule has 1 rings (SSSR count). The third kappa shape index (κ3) is 5.36. The van der Waals surface area contributed by atoms with Crippen molar-refractivity contribution in [3.8, 4) is 0 Å². The molecule has 0 aromatic rings. The quantitative estimate of drug-likeness (QED) is 0.755. The van der Waals surface area contributed by atoms with E-state index < -0.39 is 0 Å². The molecule has 0 bridgehead atoms. The molecule has 4 heteroatoms. The Morgan fingerprint density at radius 1 is 1.50 bits per heavy atom. The van der Waals surface area contributed by atoms with Gasteiger partial charge in [-0.15, -0.1) is 0 Å². The van der Waals surface area contributed by atoms with Gasteiger partial charge in [0.1, 0.15) is 0 Å². The molecule has 4 nitrogen and oxygen atoms in total. The zero-order valence-electron chi connectivity index (χ0n) is 12.1. The first-order valence-electron chi connectivity index (χ1n) is 7.30. The van der Waals surface area contributed by atoms with Gasteiger partial charge in [-0.3, -0.25) is 4.79 Å². The molecule has 106 valence electrons. The van der Waals surface area contributed by atoms with Crippen molar-refractivity contribution >= 4 is 5.91 Å². The summed E-state index contributed by atoms with van der Waals surface area (Å²) in [7, 11) is 0. The van der Waals surface area contributed by atoms with Gasteiger partial charge in [0.15, 0.2) is 0 Å². The van der Waals surface area contributed by atoms with E-state index in [2.05, 4.69) is 26.1 Å². The Hall–Kier alpha value is -0.610. The lowest BCUT2D eigenvalue weighted by atomic mass is 10.1. The van der Waals surface area contributed by atoms with Crippen molar-refractivity contribution in [2.24, 2.45) is 0 Å². The fourth-order valence-electron chi connectivity index (χ4n) is 2.40. The number of nitrogens with zero attached hydrogens (tertiary/aromatic N) is 1. The maximum atomic E-state index is 12.1. The Balaban J connectivity index is 2.33. The minimum atomic E-state index is 0.247. The topological polar surface area (TPSA) is 41.6 Å². The predicted molar refractivity (Wildman–Crippen MR) is 73.6 cm³/mol. The molecule has 0 spiro atoms. The van der Waals surface area contributed by atoms with Gasteiger partial charge >= 0.3 is 0 Å². The highest BCUT2D eigenvalue weighted by molar-refractivity contribution is 5.76. The normalized spacial score (nSPS) is 21.9. The second kappa shape index (κ2) is 8.48. The smallest absolute Gasteiger partial charge is 0.224 e. The van der Waals surface area contributed by atoms with Gasteiger partial charge in [0.05, 0.1) is 6.10 Å². The van der Waals surface area contributed by atoms with Crippen LogP contribution in [0.25, 0.3) is 0 Å². The first kappa shape index (κ1) is 15.4. The van der Waals surface area contributed by atoms with Crippen LogP contribution in [0.3, 0.4) is 0 Å². The first-order chi connectivity index (χ1) is 8.67. The van der Waals surface area contributed by atoms with Gasteiger partial charge in [-0.2, -0.15) is 0 Å². The van der Waals surface area contributed by atoms with Crippen molar-refractivity contribution in [1.29, 1.82) is 0 Å². The van der Waals surface area contributed by atoms with Crippen molar-refractivity contribution in [2.75, 3.05) is 26.2 Å². The number of nitrogens with one attached hydrogen (secondary N) is 1. The van der Waals surface area contributed by atoms with E-state index in [0.717, 1.165) is 45.5 Å². The maximum Gasteiger partial charge on any atom is 0.224 e. The van der Waals surface area contributed by atoms with E-state index >= 15 is 0 Å². The van der Waals surface area contributed by atoms with Gasteiger partial charge in [0.25, 0.3) is 0 Å². The molecule has 1 aliphatic rings. The molecule has 0 saturated carbocycles. The average molecular weight is 256 g/mol. The number of piperidine rings is 1. The standard InChI is InChI=1S/C14H28N2O2/c1-4-9-18-13-7-6-8-16(11-13)14(17)10-12(3)15-5-2/h12-13,15H,4-11H2,1-3H3. The van der Waals surface area contributed by atoms with Crippen LogP contribution in [-0.2, 0) is 9.53 Å². The Bertz CT molecular complexity index is 246. The van der Waals surface area contributed by atoms with Crippen molar-refractivity contribution in [2.45, 2.75) is 58.6 Å². The lowest BCUT2D eigenvalue weighted by Crippen LogP contribution is -2.45. The molecule has 1 amide bonds. The van der Waals surface area contributed by atoms with E-state index in [9.17, 15) is 4.79 Å². The minimum Gasteiger partial charge on any atom is -0.376 e. The molecule has 0 aliphatic carbocycles. The Morgan fingerprint density at radius 2 is 2.28 bits per heavy atom. The first-order valence-corrected chi connectivity index (χ1v) is 7.30. The molecule has 18 heavy (non-hydrogen) atoms. The van der Waals surface area contributed by atoms with E-state index in [-0.39, 0.29) is 18.1 Å². The molecule has 0 aromatic heterocycles. The van der Waals surface area contributed by atoms with Crippen molar-refractivity contribution < 1.29 is 9.53 Å². The van der Waals surface area contributed by atoms with Gasteiger partial charge in [-0.25, -0.2) is 0 Å². The Labute approximate surface area is 111 Å². The monoisotopic (exact) mass is 256 g/mol. The summed E-state index contributed by atoms with van der Waals surface area (Å²) in [6.07, 6.45) is 4.04. The van der Waals surface area contributed by atoms with E-state index in [1.807, 2.05) is 4.90 Å². The Morgan fingerprint density at radius 3 is 2.94 bits per heavy atom. The van der Waals surface area contributed by atoms with Crippen LogP contribution in [0.4, 0.5) is 0 Å². The van der Waals surface area contributed by atoms with Crippen LogP contribution < -0.4 is 5.32 Å². The van der Waals surface area contributed by atoms with E-state index in [1.54, 1.807) is 0 Å². The Kier molecular flexibility index (Phi) is 7.28. The van der Waals surface area contributed by atoms with Gasteiger partial charge in [0.2, 0.25) is 5.91 Å². The van der Waals surface area contributed by atoms with Crippen molar-refractivity contribution in [3.63, 3.8) is 0 Å².